The van der Waals surface area contributed by atoms with Gasteiger partial charge in [-0.3, -0.25) is 0 Å². The summed E-state index contributed by atoms with van der Waals surface area (Å²) in [4.78, 5) is 0. The average Bonchev–Trinajstić information content (AvgIpc) is 2.64. The summed E-state index contributed by atoms with van der Waals surface area (Å²) in [6, 6.07) is 0. The molecule has 94 valence electrons. The van der Waals surface area contributed by atoms with E-state index in [2.05, 4.69) is 13.8 Å². The first kappa shape index (κ1) is 12.3. The summed E-state index contributed by atoms with van der Waals surface area (Å²) < 4.78 is 5.42. The van der Waals surface area contributed by atoms with Crippen molar-refractivity contribution >= 4 is 0 Å². The third-order valence-corrected chi connectivity index (χ3v) is 4.57. The van der Waals surface area contributed by atoms with Crippen LogP contribution in [0.3, 0.4) is 0 Å². The van der Waals surface area contributed by atoms with Crippen LogP contribution in [0.25, 0.3) is 0 Å². The largest absolute Gasteiger partial charge is 0.396 e. The van der Waals surface area contributed by atoms with Crippen molar-refractivity contribution in [1.29, 1.82) is 0 Å². The summed E-state index contributed by atoms with van der Waals surface area (Å²) in [7, 11) is 0. The molecular formula is C13H24O3. The lowest BCUT2D eigenvalue weighted by atomic mass is 9.60. The molecule has 0 radical (unpaired) electrons. The first-order chi connectivity index (χ1) is 7.51. The van der Waals surface area contributed by atoms with Crippen LogP contribution in [0.4, 0.5) is 0 Å². The van der Waals surface area contributed by atoms with Crippen LogP contribution in [0, 0.1) is 17.3 Å². The molecule has 0 spiro atoms. The smallest absolute Gasteiger partial charge is 0.0753 e. The number of ether oxygens (including phenoxy) is 1. The molecule has 2 N–H and O–H groups in total. The molecule has 3 atom stereocenters. The summed E-state index contributed by atoms with van der Waals surface area (Å²) in [5, 5.41) is 20.6. The predicted octanol–water partition coefficient (Wildman–Crippen LogP) is 1.57. The molecule has 2 fully saturated rings. The summed E-state index contributed by atoms with van der Waals surface area (Å²) >= 11 is 0. The third kappa shape index (κ3) is 1.89. The molecule has 1 aliphatic carbocycles. The molecule has 0 bridgehead atoms. The van der Waals surface area contributed by atoms with E-state index in [0.29, 0.717) is 25.0 Å². The highest BCUT2D eigenvalue weighted by Crippen LogP contribution is 2.49. The zero-order valence-electron chi connectivity index (χ0n) is 10.4. The van der Waals surface area contributed by atoms with Crippen molar-refractivity contribution in [2.75, 3.05) is 19.8 Å². The standard InChI is InChI=1S/C13H24O3/c1-10-5-11(2)7-13(15,6-10)12(8-14)3-4-16-9-12/h10-11,14-15H,3-9H2,1-2H3. The predicted molar refractivity (Wildman–Crippen MR) is 62.1 cm³/mol. The maximum absolute atomic E-state index is 10.9. The average molecular weight is 228 g/mol. The Morgan fingerprint density at radius 2 is 1.88 bits per heavy atom. The van der Waals surface area contributed by atoms with E-state index in [1.807, 2.05) is 0 Å². The van der Waals surface area contributed by atoms with Gasteiger partial charge in [-0.15, -0.1) is 0 Å². The van der Waals surface area contributed by atoms with Gasteiger partial charge in [-0.2, -0.15) is 0 Å². The highest BCUT2D eigenvalue weighted by molar-refractivity contribution is 5.04. The third-order valence-electron chi connectivity index (χ3n) is 4.57. The molecule has 3 nitrogen and oxygen atoms in total. The van der Waals surface area contributed by atoms with Crippen LogP contribution in [0.2, 0.25) is 0 Å². The molecule has 0 aromatic rings. The van der Waals surface area contributed by atoms with Crippen LogP contribution in [-0.4, -0.2) is 35.6 Å². The highest BCUT2D eigenvalue weighted by Gasteiger charge is 2.54. The molecule has 16 heavy (non-hydrogen) atoms. The van der Waals surface area contributed by atoms with E-state index in [-0.39, 0.29) is 6.61 Å². The molecule has 1 aliphatic heterocycles. The zero-order chi connectivity index (χ0) is 11.8. The van der Waals surface area contributed by atoms with Crippen LogP contribution >= 0.6 is 0 Å². The van der Waals surface area contributed by atoms with Crippen molar-refractivity contribution in [3.8, 4) is 0 Å². The van der Waals surface area contributed by atoms with Gasteiger partial charge in [-0.05, 0) is 37.5 Å². The normalized spacial score (nSPS) is 49.5. The molecule has 0 aromatic heterocycles. The van der Waals surface area contributed by atoms with Crippen LogP contribution in [0.5, 0.6) is 0 Å². The zero-order valence-corrected chi connectivity index (χ0v) is 10.4. The van der Waals surface area contributed by atoms with Crippen molar-refractivity contribution in [3.05, 3.63) is 0 Å². The minimum atomic E-state index is -0.727. The van der Waals surface area contributed by atoms with Gasteiger partial charge in [0, 0.05) is 12.0 Å². The van der Waals surface area contributed by atoms with Gasteiger partial charge < -0.3 is 14.9 Å². The molecule has 1 heterocycles. The van der Waals surface area contributed by atoms with E-state index >= 15 is 0 Å². The topological polar surface area (TPSA) is 49.7 Å². The second kappa shape index (κ2) is 4.28. The summed E-state index contributed by atoms with van der Waals surface area (Å²) in [6.07, 6.45) is 3.59. The van der Waals surface area contributed by atoms with Gasteiger partial charge in [-0.25, -0.2) is 0 Å². The molecule has 1 saturated heterocycles. The summed E-state index contributed by atoms with van der Waals surface area (Å²) in [5.74, 6) is 1.08. The maximum atomic E-state index is 10.9. The second-order valence-corrected chi connectivity index (χ2v) is 6.13. The van der Waals surface area contributed by atoms with Crippen LogP contribution in [0.1, 0.15) is 39.5 Å². The minimum Gasteiger partial charge on any atom is -0.396 e. The van der Waals surface area contributed by atoms with Gasteiger partial charge in [0.05, 0.1) is 18.8 Å². The van der Waals surface area contributed by atoms with Gasteiger partial charge in [0.15, 0.2) is 0 Å². The minimum absolute atomic E-state index is 0.0446. The van der Waals surface area contributed by atoms with Crippen molar-refractivity contribution in [3.63, 3.8) is 0 Å². The second-order valence-electron chi connectivity index (χ2n) is 6.13. The number of hydrogen-bond acceptors (Lipinski definition) is 3. The van der Waals surface area contributed by atoms with Crippen molar-refractivity contribution in [1.82, 2.24) is 0 Å². The molecule has 3 unspecified atom stereocenters. The summed E-state index contributed by atoms with van der Waals surface area (Å²) in [6.45, 7) is 5.62. The SMILES string of the molecule is CC1CC(C)CC(O)(C2(CO)CCOC2)C1. The van der Waals surface area contributed by atoms with Crippen LogP contribution < -0.4 is 0 Å². The lowest BCUT2D eigenvalue weighted by molar-refractivity contribution is -0.149. The van der Waals surface area contributed by atoms with Gasteiger partial charge in [0.25, 0.3) is 0 Å². The number of rotatable bonds is 2. The number of aliphatic hydroxyl groups is 2. The molecule has 2 aliphatic rings. The van der Waals surface area contributed by atoms with E-state index in [4.69, 9.17) is 4.74 Å². The quantitative estimate of drug-likeness (QED) is 0.754. The first-order valence-corrected chi connectivity index (χ1v) is 6.42. The van der Waals surface area contributed by atoms with E-state index in [1.165, 1.54) is 6.42 Å². The van der Waals surface area contributed by atoms with Gasteiger partial charge in [-0.1, -0.05) is 13.8 Å². The Balaban J connectivity index is 2.21. The molecular weight excluding hydrogens is 204 g/mol. The van der Waals surface area contributed by atoms with Crippen LogP contribution in [0.15, 0.2) is 0 Å². The van der Waals surface area contributed by atoms with Gasteiger partial charge in [0.2, 0.25) is 0 Å². The fraction of sp³-hybridized carbons (Fsp3) is 1.00. The molecule has 0 aromatic carbocycles. The Labute approximate surface area is 97.8 Å². The Bertz CT molecular complexity index is 236. The molecule has 2 rings (SSSR count). The monoisotopic (exact) mass is 228 g/mol. The lowest BCUT2D eigenvalue weighted by Gasteiger charge is -2.49. The number of aliphatic hydroxyl groups excluding tert-OH is 1. The van der Waals surface area contributed by atoms with E-state index in [9.17, 15) is 10.2 Å². The molecule has 1 saturated carbocycles. The van der Waals surface area contributed by atoms with E-state index in [1.54, 1.807) is 0 Å². The lowest BCUT2D eigenvalue weighted by Crippen LogP contribution is -2.55. The van der Waals surface area contributed by atoms with E-state index in [0.717, 1.165) is 19.3 Å². The van der Waals surface area contributed by atoms with Crippen LogP contribution in [-0.2, 0) is 4.74 Å². The Hall–Kier alpha value is -0.120. The Morgan fingerprint density at radius 1 is 1.25 bits per heavy atom. The fourth-order valence-corrected chi connectivity index (χ4v) is 3.77. The highest BCUT2D eigenvalue weighted by atomic mass is 16.5. The van der Waals surface area contributed by atoms with Crippen molar-refractivity contribution in [2.45, 2.75) is 45.1 Å². The summed E-state index contributed by atoms with van der Waals surface area (Å²) in [5.41, 5.74) is -1.13. The maximum Gasteiger partial charge on any atom is 0.0753 e. The fourth-order valence-electron chi connectivity index (χ4n) is 3.77. The van der Waals surface area contributed by atoms with E-state index < -0.39 is 11.0 Å². The van der Waals surface area contributed by atoms with Gasteiger partial charge in [0.1, 0.15) is 0 Å². The first-order valence-electron chi connectivity index (χ1n) is 6.42. The van der Waals surface area contributed by atoms with Gasteiger partial charge >= 0.3 is 0 Å². The number of hydrogen-bond donors (Lipinski definition) is 2. The Kier molecular flexibility index (Phi) is 3.30. The van der Waals surface area contributed by atoms with Crippen molar-refractivity contribution < 1.29 is 14.9 Å². The molecule has 3 heteroatoms. The Morgan fingerprint density at radius 3 is 2.31 bits per heavy atom. The molecule has 0 amide bonds. The van der Waals surface area contributed by atoms with Crippen molar-refractivity contribution in [2.24, 2.45) is 17.3 Å².